The minimum absolute atomic E-state index is 0.839. The summed E-state index contributed by atoms with van der Waals surface area (Å²) in [5, 5.41) is 0. The first kappa shape index (κ1) is 14.3. The molecular weight excluding hydrogens is 278 g/mol. The van der Waals surface area contributed by atoms with Crippen molar-refractivity contribution >= 4 is 27.3 Å². The van der Waals surface area contributed by atoms with E-state index in [0.29, 0.717) is 0 Å². The summed E-state index contributed by atoms with van der Waals surface area (Å²) in [6.45, 7) is 5.30. The van der Waals surface area contributed by atoms with Crippen LogP contribution in [0.1, 0.15) is 13.3 Å². The van der Waals surface area contributed by atoms with Gasteiger partial charge >= 0.3 is 0 Å². The normalized spacial score (nSPS) is 10.9. The van der Waals surface area contributed by atoms with Gasteiger partial charge in [-0.05, 0) is 52.2 Å². The molecule has 0 bridgehead atoms. The number of benzene rings is 1. The topological polar surface area (TPSA) is 32.5 Å². The van der Waals surface area contributed by atoms with Gasteiger partial charge in [0, 0.05) is 17.6 Å². The van der Waals surface area contributed by atoms with E-state index in [9.17, 15) is 0 Å². The van der Waals surface area contributed by atoms with E-state index in [2.05, 4.69) is 52.8 Å². The number of rotatable bonds is 6. The second kappa shape index (κ2) is 6.87. The Hall–Kier alpha value is -0.740. The van der Waals surface area contributed by atoms with Crippen LogP contribution in [0.2, 0.25) is 0 Å². The minimum Gasteiger partial charge on any atom is -0.397 e. The van der Waals surface area contributed by atoms with Crippen molar-refractivity contribution in [3.8, 4) is 0 Å². The summed E-state index contributed by atoms with van der Waals surface area (Å²) in [5.41, 5.74) is 8.02. The van der Waals surface area contributed by atoms with Crippen molar-refractivity contribution in [2.24, 2.45) is 0 Å². The summed E-state index contributed by atoms with van der Waals surface area (Å²) < 4.78 is 1.03. The molecular formula is C13H22BrN3. The lowest BCUT2D eigenvalue weighted by Gasteiger charge is -2.25. The molecule has 1 aromatic carbocycles. The zero-order valence-electron chi connectivity index (χ0n) is 10.9. The number of nitrogens with two attached hydrogens (primary N) is 1. The molecule has 0 aromatic heterocycles. The van der Waals surface area contributed by atoms with Gasteiger partial charge in [0.15, 0.2) is 0 Å². The fourth-order valence-corrected chi connectivity index (χ4v) is 2.22. The number of nitrogens with zero attached hydrogens (tertiary/aromatic N) is 2. The summed E-state index contributed by atoms with van der Waals surface area (Å²) in [7, 11) is 4.20. The van der Waals surface area contributed by atoms with Crippen molar-refractivity contribution in [3.63, 3.8) is 0 Å². The molecule has 4 heteroatoms. The highest BCUT2D eigenvalue weighted by Crippen LogP contribution is 2.26. The third-order valence-corrected chi connectivity index (χ3v) is 3.24. The van der Waals surface area contributed by atoms with Crippen molar-refractivity contribution < 1.29 is 0 Å². The van der Waals surface area contributed by atoms with Gasteiger partial charge in [-0.25, -0.2) is 0 Å². The van der Waals surface area contributed by atoms with E-state index in [4.69, 9.17) is 5.73 Å². The SMILES string of the molecule is CCN(CCCN(C)C)c1ccc(Br)cc1N. The smallest absolute Gasteiger partial charge is 0.0600 e. The van der Waals surface area contributed by atoms with Gasteiger partial charge in [0.25, 0.3) is 0 Å². The van der Waals surface area contributed by atoms with Crippen LogP contribution >= 0.6 is 15.9 Å². The molecule has 0 fully saturated rings. The van der Waals surface area contributed by atoms with Gasteiger partial charge < -0.3 is 15.5 Å². The van der Waals surface area contributed by atoms with Gasteiger partial charge in [-0.15, -0.1) is 0 Å². The second-order valence-electron chi connectivity index (χ2n) is 4.44. The van der Waals surface area contributed by atoms with E-state index in [1.165, 1.54) is 0 Å². The molecule has 0 aliphatic heterocycles. The summed E-state index contributed by atoms with van der Waals surface area (Å²) in [6, 6.07) is 6.09. The Kier molecular flexibility index (Phi) is 5.78. The first-order valence-corrected chi connectivity index (χ1v) is 6.78. The third-order valence-electron chi connectivity index (χ3n) is 2.75. The molecule has 0 atom stereocenters. The average Bonchev–Trinajstić information content (AvgIpc) is 2.25. The quantitative estimate of drug-likeness (QED) is 0.820. The van der Waals surface area contributed by atoms with Crippen molar-refractivity contribution in [2.45, 2.75) is 13.3 Å². The Morgan fingerprint density at radius 2 is 1.94 bits per heavy atom. The molecule has 0 heterocycles. The molecule has 1 aromatic rings. The lowest BCUT2D eigenvalue weighted by Crippen LogP contribution is -2.27. The maximum absolute atomic E-state index is 6.05. The Morgan fingerprint density at radius 3 is 2.47 bits per heavy atom. The molecule has 3 nitrogen and oxygen atoms in total. The number of hydrogen-bond acceptors (Lipinski definition) is 3. The molecule has 17 heavy (non-hydrogen) atoms. The van der Waals surface area contributed by atoms with Crippen molar-refractivity contribution in [3.05, 3.63) is 22.7 Å². The molecule has 0 radical (unpaired) electrons. The molecule has 0 saturated carbocycles. The van der Waals surface area contributed by atoms with E-state index >= 15 is 0 Å². The van der Waals surface area contributed by atoms with Crippen LogP contribution in [0.15, 0.2) is 22.7 Å². The molecule has 0 saturated heterocycles. The van der Waals surface area contributed by atoms with Gasteiger partial charge in [0.1, 0.15) is 0 Å². The highest BCUT2D eigenvalue weighted by atomic mass is 79.9. The van der Waals surface area contributed by atoms with E-state index in [1.807, 2.05) is 12.1 Å². The van der Waals surface area contributed by atoms with Gasteiger partial charge in [-0.3, -0.25) is 0 Å². The molecule has 0 unspecified atom stereocenters. The number of nitrogen functional groups attached to an aromatic ring is 1. The predicted octanol–water partition coefficient (Wildman–Crippen LogP) is 2.81. The molecule has 1 rings (SSSR count). The Balaban J connectivity index is 2.66. The molecule has 0 aliphatic carbocycles. The molecule has 0 amide bonds. The minimum atomic E-state index is 0.839. The van der Waals surface area contributed by atoms with Crippen LogP contribution in [-0.4, -0.2) is 38.6 Å². The van der Waals surface area contributed by atoms with Crippen LogP contribution in [0.3, 0.4) is 0 Å². The van der Waals surface area contributed by atoms with E-state index in [1.54, 1.807) is 0 Å². The van der Waals surface area contributed by atoms with Gasteiger partial charge in [0.05, 0.1) is 11.4 Å². The van der Waals surface area contributed by atoms with Gasteiger partial charge in [0.2, 0.25) is 0 Å². The standard InChI is InChI=1S/C13H22BrN3/c1-4-17(9-5-8-16(2)3)13-7-6-11(14)10-12(13)15/h6-7,10H,4-5,8-9,15H2,1-3H3. The average molecular weight is 300 g/mol. The molecule has 0 spiro atoms. The monoisotopic (exact) mass is 299 g/mol. The first-order chi connectivity index (χ1) is 8.04. The Morgan fingerprint density at radius 1 is 1.24 bits per heavy atom. The summed E-state index contributed by atoms with van der Waals surface area (Å²) in [5.74, 6) is 0. The van der Waals surface area contributed by atoms with Crippen LogP contribution < -0.4 is 10.6 Å². The molecule has 2 N–H and O–H groups in total. The number of anilines is 2. The van der Waals surface area contributed by atoms with Crippen LogP contribution in [0.25, 0.3) is 0 Å². The molecule has 96 valence electrons. The van der Waals surface area contributed by atoms with E-state index in [0.717, 1.165) is 41.9 Å². The highest BCUT2D eigenvalue weighted by Gasteiger charge is 2.08. The van der Waals surface area contributed by atoms with Gasteiger partial charge in [-0.1, -0.05) is 15.9 Å². The van der Waals surface area contributed by atoms with Crippen molar-refractivity contribution in [1.29, 1.82) is 0 Å². The van der Waals surface area contributed by atoms with Crippen LogP contribution in [0, 0.1) is 0 Å². The fraction of sp³-hybridized carbons (Fsp3) is 0.538. The van der Waals surface area contributed by atoms with Crippen molar-refractivity contribution in [2.75, 3.05) is 44.4 Å². The Bertz CT molecular complexity index is 353. The van der Waals surface area contributed by atoms with Crippen molar-refractivity contribution in [1.82, 2.24) is 4.90 Å². The summed E-state index contributed by atoms with van der Waals surface area (Å²) >= 11 is 3.43. The fourth-order valence-electron chi connectivity index (χ4n) is 1.84. The maximum Gasteiger partial charge on any atom is 0.0600 e. The predicted molar refractivity (Wildman–Crippen MR) is 79.6 cm³/mol. The first-order valence-electron chi connectivity index (χ1n) is 5.99. The van der Waals surface area contributed by atoms with Crippen LogP contribution in [0.5, 0.6) is 0 Å². The molecule has 0 aliphatic rings. The zero-order valence-corrected chi connectivity index (χ0v) is 12.5. The third kappa shape index (κ3) is 4.56. The summed E-state index contributed by atoms with van der Waals surface area (Å²) in [6.07, 6.45) is 1.15. The van der Waals surface area contributed by atoms with E-state index < -0.39 is 0 Å². The van der Waals surface area contributed by atoms with Crippen LogP contribution in [-0.2, 0) is 0 Å². The lowest BCUT2D eigenvalue weighted by atomic mass is 10.2. The van der Waals surface area contributed by atoms with Crippen LogP contribution in [0.4, 0.5) is 11.4 Å². The number of halogens is 1. The number of hydrogen-bond donors (Lipinski definition) is 1. The maximum atomic E-state index is 6.05. The zero-order chi connectivity index (χ0) is 12.8. The van der Waals surface area contributed by atoms with E-state index in [-0.39, 0.29) is 0 Å². The van der Waals surface area contributed by atoms with Gasteiger partial charge in [-0.2, -0.15) is 0 Å². The second-order valence-corrected chi connectivity index (χ2v) is 5.36. The lowest BCUT2D eigenvalue weighted by molar-refractivity contribution is 0.400. The Labute approximate surface area is 113 Å². The highest BCUT2D eigenvalue weighted by molar-refractivity contribution is 9.10. The largest absolute Gasteiger partial charge is 0.397 e. The summed E-state index contributed by atoms with van der Waals surface area (Å²) in [4.78, 5) is 4.53.